The number of hydrogen-bond donors (Lipinski definition) is 2. The summed E-state index contributed by atoms with van der Waals surface area (Å²) in [6.07, 6.45) is 3.89. The molecule has 112 valence electrons. The predicted molar refractivity (Wildman–Crippen MR) is 79.1 cm³/mol. The minimum atomic E-state index is -0.501. The minimum absolute atomic E-state index is 0.190. The molecule has 3 N–H and O–H groups in total. The molecule has 0 aliphatic carbocycles. The molecule has 0 aromatic rings. The number of primary amides is 1. The average molecular weight is 270 g/mol. The second-order valence-corrected chi connectivity index (χ2v) is 5.87. The molecule has 1 atom stereocenters. The third-order valence-corrected chi connectivity index (χ3v) is 3.97. The summed E-state index contributed by atoms with van der Waals surface area (Å²) in [5, 5.41) is 3.43. The molecule has 1 fully saturated rings. The monoisotopic (exact) mass is 270 g/mol. The maximum atomic E-state index is 11.9. The summed E-state index contributed by atoms with van der Waals surface area (Å²) in [5.74, 6) is -0.190. The third-order valence-electron chi connectivity index (χ3n) is 3.97. The van der Waals surface area contributed by atoms with E-state index in [0.29, 0.717) is 0 Å². The highest BCUT2D eigenvalue weighted by molar-refractivity contribution is 5.84. The van der Waals surface area contributed by atoms with Crippen molar-refractivity contribution in [1.29, 1.82) is 0 Å². The third kappa shape index (κ3) is 5.09. The Hall–Kier alpha value is -0.650. The molecule has 5 heteroatoms. The summed E-state index contributed by atoms with van der Waals surface area (Å²) in [5.41, 5.74) is 5.17. The number of rotatable bonds is 7. The number of amides is 1. The Kier molecular flexibility index (Phi) is 6.75. The minimum Gasteiger partial charge on any atom is -0.368 e. The van der Waals surface area contributed by atoms with Crippen molar-refractivity contribution < 1.29 is 4.79 Å². The van der Waals surface area contributed by atoms with Crippen molar-refractivity contribution >= 4 is 5.91 Å². The molecule has 1 aliphatic heterocycles. The zero-order valence-corrected chi connectivity index (χ0v) is 12.7. The van der Waals surface area contributed by atoms with Gasteiger partial charge in [-0.25, -0.2) is 0 Å². The smallest absolute Gasteiger partial charge is 0.237 e. The molecule has 1 saturated heterocycles. The fourth-order valence-electron chi connectivity index (χ4n) is 2.76. The maximum Gasteiger partial charge on any atom is 0.237 e. The molecule has 5 nitrogen and oxygen atoms in total. The predicted octanol–water partition coefficient (Wildman–Crippen LogP) is 0.258. The molecule has 1 aliphatic rings. The Morgan fingerprint density at radius 2 is 2.11 bits per heavy atom. The van der Waals surface area contributed by atoms with E-state index >= 15 is 0 Å². The van der Waals surface area contributed by atoms with Crippen LogP contribution in [0.4, 0.5) is 0 Å². The number of nitrogens with zero attached hydrogens (tertiary/aromatic N) is 2. The van der Waals surface area contributed by atoms with Crippen LogP contribution < -0.4 is 11.1 Å². The van der Waals surface area contributed by atoms with Gasteiger partial charge in [0.1, 0.15) is 0 Å². The first-order valence-corrected chi connectivity index (χ1v) is 7.42. The van der Waals surface area contributed by atoms with Gasteiger partial charge in [-0.2, -0.15) is 0 Å². The van der Waals surface area contributed by atoms with E-state index in [1.807, 2.05) is 14.1 Å². The van der Waals surface area contributed by atoms with Crippen LogP contribution in [0.1, 0.15) is 32.6 Å². The van der Waals surface area contributed by atoms with Gasteiger partial charge in [-0.05, 0) is 52.9 Å². The highest BCUT2D eigenvalue weighted by atomic mass is 16.1. The number of nitrogens with two attached hydrogens (primary N) is 1. The fourth-order valence-corrected chi connectivity index (χ4v) is 2.76. The van der Waals surface area contributed by atoms with Gasteiger partial charge < -0.3 is 20.9 Å². The molecule has 0 radical (unpaired) electrons. The normalized spacial score (nSPS) is 25.5. The van der Waals surface area contributed by atoms with Crippen molar-refractivity contribution in [3.05, 3.63) is 0 Å². The van der Waals surface area contributed by atoms with Gasteiger partial charge in [0.25, 0.3) is 0 Å². The molecule has 1 rings (SSSR count). The van der Waals surface area contributed by atoms with Gasteiger partial charge >= 0.3 is 0 Å². The first kappa shape index (κ1) is 16.4. The number of likely N-dealkylation sites (N-methyl/N-ethyl adjacent to an activating group) is 1. The Balaban J connectivity index is 2.58. The van der Waals surface area contributed by atoms with Crippen LogP contribution in [-0.4, -0.2) is 68.1 Å². The molecular formula is C14H30N4O. The number of carbonyl (C=O) groups is 1. The van der Waals surface area contributed by atoms with Gasteiger partial charge in [0, 0.05) is 19.6 Å². The average Bonchev–Trinajstić information content (AvgIpc) is 2.53. The Labute approximate surface area is 117 Å². The summed E-state index contributed by atoms with van der Waals surface area (Å²) >= 11 is 0. The molecule has 0 aromatic carbocycles. The largest absolute Gasteiger partial charge is 0.368 e. The number of carbonyl (C=O) groups excluding carboxylic acids is 1. The van der Waals surface area contributed by atoms with Crippen LogP contribution in [0, 0.1) is 0 Å². The van der Waals surface area contributed by atoms with Gasteiger partial charge in [0.15, 0.2) is 0 Å². The van der Waals surface area contributed by atoms with Crippen molar-refractivity contribution in [3.8, 4) is 0 Å². The number of nitrogens with one attached hydrogen (secondary N) is 1. The van der Waals surface area contributed by atoms with E-state index in [-0.39, 0.29) is 5.91 Å². The summed E-state index contributed by atoms with van der Waals surface area (Å²) in [7, 11) is 4.07. The second-order valence-electron chi connectivity index (χ2n) is 5.87. The van der Waals surface area contributed by atoms with Crippen LogP contribution in [0.3, 0.4) is 0 Å². The second kappa shape index (κ2) is 7.82. The van der Waals surface area contributed by atoms with Gasteiger partial charge in [-0.15, -0.1) is 0 Å². The quantitative estimate of drug-likeness (QED) is 0.696. The molecule has 0 saturated carbocycles. The number of likely N-dealkylation sites (tertiary alicyclic amines) is 1. The Bertz CT molecular complexity index is 283. The van der Waals surface area contributed by atoms with Crippen LogP contribution >= 0.6 is 0 Å². The Morgan fingerprint density at radius 1 is 1.37 bits per heavy atom. The molecular weight excluding hydrogens is 240 g/mol. The van der Waals surface area contributed by atoms with Crippen LogP contribution in [0.25, 0.3) is 0 Å². The molecule has 0 bridgehead atoms. The van der Waals surface area contributed by atoms with E-state index in [4.69, 9.17) is 5.73 Å². The van der Waals surface area contributed by atoms with Crippen molar-refractivity contribution in [2.24, 2.45) is 5.73 Å². The molecule has 1 unspecified atom stereocenters. The molecule has 0 aromatic heterocycles. The van der Waals surface area contributed by atoms with Crippen molar-refractivity contribution in [2.45, 2.75) is 38.1 Å². The standard InChI is InChI=1S/C14H30N4O/c1-4-9-18-10-5-6-14(7-11-18,13(15)19)16-8-12-17(2)3/h16H,4-12H2,1-3H3,(H2,15,19). The molecule has 19 heavy (non-hydrogen) atoms. The maximum absolute atomic E-state index is 11.9. The van der Waals surface area contributed by atoms with Gasteiger partial charge in [-0.1, -0.05) is 6.92 Å². The lowest BCUT2D eigenvalue weighted by Gasteiger charge is -2.31. The van der Waals surface area contributed by atoms with Crippen LogP contribution in [0.2, 0.25) is 0 Å². The lowest BCUT2D eigenvalue weighted by molar-refractivity contribution is -0.125. The van der Waals surface area contributed by atoms with E-state index < -0.39 is 5.54 Å². The SMILES string of the molecule is CCCN1CCCC(NCCN(C)C)(C(N)=O)CC1. The van der Waals surface area contributed by atoms with Crippen molar-refractivity contribution in [3.63, 3.8) is 0 Å². The first-order chi connectivity index (χ1) is 9.00. The zero-order chi connectivity index (χ0) is 14.3. The summed E-state index contributed by atoms with van der Waals surface area (Å²) in [6, 6.07) is 0. The van der Waals surface area contributed by atoms with E-state index in [9.17, 15) is 4.79 Å². The fraction of sp³-hybridized carbons (Fsp3) is 0.929. The molecule has 1 amide bonds. The van der Waals surface area contributed by atoms with Crippen LogP contribution in [-0.2, 0) is 4.79 Å². The Morgan fingerprint density at radius 3 is 2.68 bits per heavy atom. The summed E-state index contributed by atoms with van der Waals surface area (Å²) in [6.45, 7) is 7.09. The van der Waals surface area contributed by atoms with Gasteiger partial charge in [-0.3, -0.25) is 4.79 Å². The van der Waals surface area contributed by atoms with Gasteiger partial charge in [0.05, 0.1) is 5.54 Å². The van der Waals surface area contributed by atoms with Crippen LogP contribution in [0.15, 0.2) is 0 Å². The van der Waals surface area contributed by atoms with Crippen LogP contribution in [0.5, 0.6) is 0 Å². The van der Waals surface area contributed by atoms with E-state index in [0.717, 1.165) is 58.4 Å². The number of hydrogen-bond acceptors (Lipinski definition) is 4. The highest BCUT2D eigenvalue weighted by Crippen LogP contribution is 2.22. The first-order valence-electron chi connectivity index (χ1n) is 7.42. The van der Waals surface area contributed by atoms with E-state index in [1.54, 1.807) is 0 Å². The highest BCUT2D eigenvalue weighted by Gasteiger charge is 2.37. The van der Waals surface area contributed by atoms with Crippen molar-refractivity contribution in [1.82, 2.24) is 15.1 Å². The summed E-state index contributed by atoms with van der Waals surface area (Å²) < 4.78 is 0. The van der Waals surface area contributed by atoms with E-state index in [2.05, 4.69) is 22.0 Å². The summed E-state index contributed by atoms with van der Waals surface area (Å²) in [4.78, 5) is 16.5. The lowest BCUT2D eigenvalue weighted by atomic mass is 9.89. The van der Waals surface area contributed by atoms with Crippen molar-refractivity contribution in [2.75, 3.05) is 46.8 Å². The molecule has 1 heterocycles. The zero-order valence-electron chi connectivity index (χ0n) is 12.7. The topological polar surface area (TPSA) is 61.6 Å². The molecule has 0 spiro atoms. The lowest BCUT2D eigenvalue weighted by Crippen LogP contribution is -2.57. The van der Waals surface area contributed by atoms with Gasteiger partial charge in [0.2, 0.25) is 5.91 Å². The van der Waals surface area contributed by atoms with E-state index in [1.165, 1.54) is 0 Å².